The Morgan fingerprint density at radius 2 is 2.00 bits per heavy atom. The summed E-state index contributed by atoms with van der Waals surface area (Å²) in [6.07, 6.45) is 1.09. The Labute approximate surface area is 110 Å². The van der Waals surface area contributed by atoms with Gasteiger partial charge in [0.15, 0.2) is 5.78 Å². The number of carbonyl (C=O) groups excluding carboxylic acids is 1. The molecular formula is C12H16O4S2. The lowest BCUT2D eigenvalue weighted by Gasteiger charge is -2.02. The maximum Gasteiger partial charge on any atom is 0.175 e. The van der Waals surface area contributed by atoms with Gasteiger partial charge < -0.3 is 0 Å². The number of carbonyl (C=O) groups is 1. The van der Waals surface area contributed by atoms with E-state index in [0.717, 1.165) is 11.8 Å². The summed E-state index contributed by atoms with van der Waals surface area (Å²) in [5.74, 6) is -0.485. The average molecular weight is 288 g/mol. The molecule has 0 fully saturated rings. The monoisotopic (exact) mass is 288 g/mol. The molecule has 0 aliphatic carbocycles. The molecule has 0 amide bonds. The van der Waals surface area contributed by atoms with Crippen molar-refractivity contribution in [1.82, 2.24) is 0 Å². The van der Waals surface area contributed by atoms with E-state index in [1.165, 1.54) is 0 Å². The van der Waals surface area contributed by atoms with Crippen molar-refractivity contribution in [3.8, 4) is 0 Å². The van der Waals surface area contributed by atoms with Gasteiger partial charge in [0.2, 0.25) is 0 Å². The summed E-state index contributed by atoms with van der Waals surface area (Å²) < 4.78 is 33.4. The summed E-state index contributed by atoms with van der Waals surface area (Å²) in [6.45, 7) is 1.87. The highest BCUT2D eigenvalue weighted by Crippen LogP contribution is 2.05. The van der Waals surface area contributed by atoms with E-state index in [4.69, 9.17) is 0 Å². The zero-order chi connectivity index (χ0) is 13.8. The molecule has 0 heterocycles. The van der Waals surface area contributed by atoms with Gasteiger partial charge in [-0.1, -0.05) is 23.8 Å². The fourth-order valence-electron chi connectivity index (χ4n) is 1.36. The van der Waals surface area contributed by atoms with Crippen LogP contribution in [0.25, 0.3) is 0 Å². The zero-order valence-corrected chi connectivity index (χ0v) is 12.0. The summed E-state index contributed by atoms with van der Waals surface area (Å²) >= 11 is 0. The van der Waals surface area contributed by atoms with Crippen LogP contribution < -0.4 is 0 Å². The summed E-state index contributed by atoms with van der Waals surface area (Å²) in [7, 11) is -4.56. The van der Waals surface area contributed by atoms with Gasteiger partial charge in [0, 0.05) is 28.4 Å². The van der Waals surface area contributed by atoms with Gasteiger partial charge in [0.05, 0.1) is 11.5 Å². The van der Waals surface area contributed by atoms with Gasteiger partial charge in [-0.15, -0.1) is 0 Å². The molecule has 0 aromatic heterocycles. The lowest BCUT2D eigenvalue weighted by molar-refractivity contribution is 0.102. The van der Waals surface area contributed by atoms with E-state index in [2.05, 4.69) is 0 Å². The van der Waals surface area contributed by atoms with Crippen LogP contribution >= 0.6 is 0 Å². The standard InChI is InChI=1S/C12H16O4S2/c1-10-4-3-5-11(8-10)12(13)9-17(14)6-7-18(2,15)16/h3-5,8H,6-7,9H2,1-2H3. The Balaban J connectivity index is 2.58. The van der Waals surface area contributed by atoms with Gasteiger partial charge in [-0.05, 0) is 13.0 Å². The number of ketones is 1. The van der Waals surface area contributed by atoms with Crippen LogP contribution in [-0.2, 0) is 20.6 Å². The lowest BCUT2D eigenvalue weighted by atomic mass is 10.1. The van der Waals surface area contributed by atoms with E-state index in [0.29, 0.717) is 5.56 Å². The molecular weight excluding hydrogens is 272 g/mol. The maximum absolute atomic E-state index is 11.8. The third-order valence-electron chi connectivity index (χ3n) is 2.31. The van der Waals surface area contributed by atoms with Crippen LogP contribution in [0.2, 0.25) is 0 Å². The molecule has 4 nitrogen and oxygen atoms in total. The highest BCUT2D eigenvalue weighted by molar-refractivity contribution is 7.92. The van der Waals surface area contributed by atoms with Gasteiger partial charge in [0.1, 0.15) is 9.84 Å². The van der Waals surface area contributed by atoms with E-state index in [-0.39, 0.29) is 23.0 Å². The van der Waals surface area contributed by atoms with E-state index in [1.54, 1.807) is 18.2 Å². The quantitative estimate of drug-likeness (QED) is 0.732. The van der Waals surface area contributed by atoms with Crippen molar-refractivity contribution < 1.29 is 17.4 Å². The van der Waals surface area contributed by atoms with Crippen molar-refractivity contribution in [2.75, 3.05) is 23.5 Å². The van der Waals surface area contributed by atoms with Crippen LogP contribution in [0.1, 0.15) is 15.9 Å². The number of benzene rings is 1. The molecule has 0 spiro atoms. The Morgan fingerprint density at radius 1 is 1.33 bits per heavy atom. The van der Waals surface area contributed by atoms with Gasteiger partial charge >= 0.3 is 0 Å². The minimum atomic E-state index is -3.13. The summed E-state index contributed by atoms with van der Waals surface area (Å²) in [5, 5.41) is 0. The molecule has 0 aliphatic heterocycles. The van der Waals surface area contributed by atoms with Crippen molar-refractivity contribution in [2.24, 2.45) is 0 Å². The molecule has 0 N–H and O–H groups in total. The van der Waals surface area contributed by atoms with Crippen LogP contribution in [0.4, 0.5) is 0 Å². The Hall–Kier alpha value is -1.01. The molecule has 1 unspecified atom stereocenters. The number of sulfone groups is 1. The predicted molar refractivity (Wildman–Crippen MR) is 73.1 cm³/mol. The zero-order valence-electron chi connectivity index (χ0n) is 10.4. The van der Waals surface area contributed by atoms with Crippen molar-refractivity contribution >= 4 is 26.4 Å². The van der Waals surface area contributed by atoms with E-state index >= 15 is 0 Å². The summed E-state index contributed by atoms with van der Waals surface area (Å²) in [5.41, 5.74) is 1.48. The minimum absolute atomic E-state index is 0.0103. The van der Waals surface area contributed by atoms with Crippen LogP contribution in [0.3, 0.4) is 0 Å². The molecule has 18 heavy (non-hydrogen) atoms. The number of aryl methyl sites for hydroxylation is 1. The van der Waals surface area contributed by atoms with Crippen molar-refractivity contribution in [1.29, 1.82) is 0 Å². The van der Waals surface area contributed by atoms with Crippen molar-refractivity contribution in [2.45, 2.75) is 6.92 Å². The lowest BCUT2D eigenvalue weighted by Crippen LogP contribution is -2.18. The van der Waals surface area contributed by atoms with Crippen LogP contribution in [0.15, 0.2) is 24.3 Å². The van der Waals surface area contributed by atoms with Crippen LogP contribution in [-0.4, -0.2) is 41.9 Å². The molecule has 0 bridgehead atoms. The minimum Gasteiger partial charge on any atom is -0.293 e. The molecule has 100 valence electrons. The maximum atomic E-state index is 11.8. The Bertz CT molecular complexity index is 561. The first kappa shape index (κ1) is 15.0. The highest BCUT2D eigenvalue weighted by Gasteiger charge is 2.12. The Morgan fingerprint density at radius 3 is 2.56 bits per heavy atom. The largest absolute Gasteiger partial charge is 0.293 e. The molecule has 0 saturated heterocycles. The second kappa shape index (κ2) is 6.24. The summed E-state index contributed by atoms with van der Waals surface area (Å²) in [4.78, 5) is 11.8. The van der Waals surface area contributed by atoms with E-state index < -0.39 is 20.6 Å². The SMILES string of the molecule is Cc1cccc(C(=O)CS(=O)CCS(C)(=O)=O)c1. The first-order chi connectivity index (χ1) is 8.28. The van der Waals surface area contributed by atoms with E-state index in [9.17, 15) is 17.4 Å². The number of hydrogen-bond acceptors (Lipinski definition) is 4. The van der Waals surface area contributed by atoms with Gasteiger partial charge in [-0.25, -0.2) is 8.42 Å². The van der Waals surface area contributed by atoms with Crippen molar-refractivity contribution in [3.63, 3.8) is 0 Å². The second-order valence-corrected chi connectivity index (χ2v) is 8.05. The molecule has 1 atom stereocenters. The van der Waals surface area contributed by atoms with Crippen LogP contribution in [0, 0.1) is 6.92 Å². The predicted octanol–water partition coefficient (Wildman–Crippen LogP) is 0.971. The summed E-state index contributed by atoms with van der Waals surface area (Å²) in [6, 6.07) is 7.04. The number of Topliss-reactive ketones (excluding diaryl/α,β-unsaturated/α-hetero) is 1. The Kier molecular flexibility index (Phi) is 5.22. The molecule has 1 aromatic carbocycles. The fraction of sp³-hybridized carbons (Fsp3) is 0.417. The topological polar surface area (TPSA) is 68.3 Å². The van der Waals surface area contributed by atoms with Gasteiger partial charge in [-0.3, -0.25) is 9.00 Å². The number of hydrogen-bond donors (Lipinski definition) is 0. The molecule has 1 aromatic rings. The molecule has 1 rings (SSSR count). The third kappa shape index (κ3) is 5.55. The fourth-order valence-corrected chi connectivity index (χ4v) is 3.92. The number of rotatable bonds is 6. The van der Waals surface area contributed by atoms with Crippen LogP contribution in [0.5, 0.6) is 0 Å². The molecule has 0 saturated carbocycles. The first-order valence-corrected chi connectivity index (χ1v) is 8.95. The normalized spacial score (nSPS) is 13.2. The average Bonchev–Trinajstić information content (AvgIpc) is 2.25. The highest BCUT2D eigenvalue weighted by atomic mass is 32.2. The van der Waals surface area contributed by atoms with Gasteiger partial charge in [-0.2, -0.15) is 0 Å². The third-order valence-corrected chi connectivity index (χ3v) is 4.76. The molecule has 6 heteroatoms. The van der Waals surface area contributed by atoms with E-state index in [1.807, 2.05) is 13.0 Å². The first-order valence-electron chi connectivity index (χ1n) is 5.40. The second-order valence-electron chi connectivity index (χ2n) is 4.21. The molecule has 0 radical (unpaired) electrons. The van der Waals surface area contributed by atoms with Crippen molar-refractivity contribution in [3.05, 3.63) is 35.4 Å². The smallest absolute Gasteiger partial charge is 0.175 e. The van der Waals surface area contributed by atoms with Gasteiger partial charge in [0.25, 0.3) is 0 Å². The molecule has 0 aliphatic rings.